The molecule has 0 unspecified atom stereocenters. The first-order valence-electron chi connectivity index (χ1n) is 2.55. The SMILES string of the molecule is N#CC1=CC=[C]C(=S)C1. The Labute approximate surface area is 59.3 Å². The van der Waals surface area contributed by atoms with Crippen LogP contribution in [-0.4, -0.2) is 4.86 Å². The van der Waals surface area contributed by atoms with Gasteiger partial charge in [0, 0.05) is 16.9 Å². The molecule has 1 nitrogen and oxygen atoms in total. The second-order valence-electron chi connectivity index (χ2n) is 1.71. The van der Waals surface area contributed by atoms with Crippen LogP contribution in [0.3, 0.4) is 0 Å². The highest BCUT2D eigenvalue weighted by molar-refractivity contribution is 7.80. The van der Waals surface area contributed by atoms with Gasteiger partial charge < -0.3 is 0 Å². The summed E-state index contributed by atoms with van der Waals surface area (Å²) < 4.78 is 0. The molecule has 9 heavy (non-hydrogen) atoms. The Bertz CT molecular complexity index is 230. The zero-order chi connectivity index (χ0) is 6.69. The fourth-order valence-electron chi connectivity index (χ4n) is 0.595. The van der Waals surface area contributed by atoms with Crippen molar-refractivity contribution in [3.63, 3.8) is 0 Å². The van der Waals surface area contributed by atoms with Crippen molar-refractivity contribution in [2.24, 2.45) is 0 Å². The van der Waals surface area contributed by atoms with Crippen molar-refractivity contribution in [2.45, 2.75) is 6.42 Å². The minimum absolute atomic E-state index is 0.586. The molecule has 1 rings (SSSR count). The standard InChI is InChI=1S/C7H4NS/c8-5-6-2-1-3-7(9)4-6/h1-2H,4H2. The number of nitriles is 1. The molecule has 0 aromatic rings. The van der Waals surface area contributed by atoms with Gasteiger partial charge in [-0.1, -0.05) is 18.3 Å². The van der Waals surface area contributed by atoms with Crippen molar-refractivity contribution >= 4 is 17.1 Å². The van der Waals surface area contributed by atoms with Gasteiger partial charge in [-0.15, -0.1) is 0 Å². The molecule has 1 radical (unpaired) electrons. The highest BCUT2D eigenvalue weighted by atomic mass is 32.1. The minimum atomic E-state index is 0.586. The van der Waals surface area contributed by atoms with Crippen LogP contribution >= 0.6 is 12.2 Å². The van der Waals surface area contributed by atoms with Crippen molar-refractivity contribution in [1.29, 1.82) is 5.26 Å². The molecular formula is C7H4NS. The molecule has 0 saturated heterocycles. The quantitative estimate of drug-likeness (QED) is 0.469. The van der Waals surface area contributed by atoms with Gasteiger partial charge in [-0.25, -0.2) is 0 Å². The molecule has 0 heterocycles. The minimum Gasteiger partial charge on any atom is -0.193 e. The van der Waals surface area contributed by atoms with Crippen molar-refractivity contribution in [3.05, 3.63) is 23.8 Å². The van der Waals surface area contributed by atoms with Gasteiger partial charge in [0.05, 0.1) is 6.07 Å². The highest BCUT2D eigenvalue weighted by Crippen LogP contribution is 2.07. The Balaban J connectivity index is 2.80. The Morgan fingerprint density at radius 1 is 1.78 bits per heavy atom. The summed E-state index contributed by atoms with van der Waals surface area (Å²) in [6.07, 6.45) is 6.83. The van der Waals surface area contributed by atoms with Crippen LogP contribution in [0.2, 0.25) is 0 Å². The summed E-state index contributed by atoms with van der Waals surface area (Å²) in [5.74, 6) is 0. The van der Waals surface area contributed by atoms with Gasteiger partial charge in [0.1, 0.15) is 0 Å². The molecule has 0 aromatic heterocycles. The van der Waals surface area contributed by atoms with Gasteiger partial charge in [0.25, 0.3) is 0 Å². The number of hydrogen-bond acceptors (Lipinski definition) is 2. The summed E-state index contributed by atoms with van der Waals surface area (Å²) in [7, 11) is 0. The van der Waals surface area contributed by atoms with E-state index >= 15 is 0 Å². The van der Waals surface area contributed by atoms with E-state index in [-0.39, 0.29) is 0 Å². The molecule has 0 atom stereocenters. The first-order valence-corrected chi connectivity index (χ1v) is 2.95. The lowest BCUT2D eigenvalue weighted by molar-refractivity contribution is 1.34. The van der Waals surface area contributed by atoms with Crippen LogP contribution in [0.5, 0.6) is 0 Å². The average Bonchev–Trinajstić information content (AvgIpc) is 1.88. The zero-order valence-corrected chi connectivity index (χ0v) is 5.53. The number of rotatable bonds is 0. The summed E-state index contributed by atoms with van der Waals surface area (Å²) >= 11 is 4.81. The van der Waals surface area contributed by atoms with Gasteiger partial charge in [0.15, 0.2) is 0 Å². The molecule has 0 bridgehead atoms. The fourth-order valence-corrected chi connectivity index (χ4v) is 0.818. The van der Waals surface area contributed by atoms with Crippen LogP contribution in [0.1, 0.15) is 6.42 Å². The Morgan fingerprint density at radius 3 is 3.00 bits per heavy atom. The predicted octanol–water partition coefficient (Wildman–Crippen LogP) is 1.57. The van der Waals surface area contributed by atoms with E-state index in [4.69, 9.17) is 17.5 Å². The first-order chi connectivity index (χ1) is 4.33. The molecule has 0 saturated carbocycles. The maximum Gasteiger partial charge on any atom is 0.0950 e. The predicted molar refractivity (Wildman–Crippen MR) is 38.7 cm³/mol. The zero-order valence-electron chi connectivity index (χ0n) is 4.72. The fraction of sp³-hybridized carbons (Fsp3) is 0.143. The lowest BCUT2D eigenvalue weighted by atomic mass is 10.1. The molecule has 1 aliphatic carbocycles. The van der Waals surface area contributed by atoms with E-state index in [0.29, 0.717) is 11.3 Å². The monoisotopic (exact) mass is 134 g/mol. The lowest BCUT2D eigenvalue weighted by Crippen LogP contribution is -1.95. The smallest absolute Gasteiger partial charge is 0.0950 e. The third-order valence-corrected chi connectivity index (χ3v) is 1.29. The number of thiocarbonyl (C=S) groups is 1. The molecule has 0 fully saturated rings. The largest absolute Gasteiger partial charge is 0.193 e. The van der Waals surface area contributed by atoms with E-state index in [1.165, 1.54) is 0 Å². The summed E-state index contributed by atoms with van der Waals surface area (Å²) in [6, 6.07) is 2.04. The first kappa shape index (κ1) is 6.18. The van der Waals surface area contributed by atoms with E-state index in [2.05, 4.69) is 6.08 Å². The molecular weight excluding hydrogens is 130 g/mol. The molecule has 0 amide bonds. The Morgan fingerprint density at radius 2 is 2.56 bits per heavy atom. The van der Waals surface area contributed by atoms with Crippen LogP contribution < -0.4 is 0 Å². The molecule has 43 valence electrons. The Hall–Kier alpha value is -0.940. The number of hydrogen-bond donors (Lipinski definition) is 0. The van der Waals surface area contributed by atoms with E-state index in [0.717, 1.165) is 5.57 Å². The number of allylic oxidation sites excluding steroid dienone is 4. The molecule has 1 aliphatic rings. The highest BCUT2D eigenvalue weighted by Gasteiger charge is 2.01. The van der Waals surface area contributed by atoms with Crippen molar-refractivity contribution < 1.29 is 0 Å². The summed E-state index contributed by atoms with van der Waals surface area (Å²) in [4.78, 5) is 0.717. The van der Waals surface area contributed by atoms with Gasteiger partial charge in [-0.2, -0.15) is 5.26 Å². The Kier molecular flexibility index (Phi) is 1.76. The van der Waals surface area contributed by atoms with Gasteiger partial charge >= 0.3 is 0 Å². The van der Waals surface area contributed by atoms with Gasteiger partial charge in [0.2, 0.25) is 0 Å². The van der Waals surface area contributed by atoms with Crippen molar-refractivity contribution in [2.75, 3.05) is 0 Å². The second-order valence-corrected chi connectivity index (χ2v) is 2.21. The van der Waals surface area contributed by atoms with Crippen LogP contribution in [0.15, 0.2) is 17.7 Å². The van der Waals surface area contributed by atoms with E-state index in [9.17, 15) is 0 Å². The van der Waals surface area contributed by atoms with Gasteiger partial charge in [-0.3, -0.25) is 0 Å². The van der Waals surface area contributed by atoms with E-state index < -0.39 is 0 Å². The van der Waals surface area contributed by atoms with Crippen molar-refractivity contribution in [1.82, 2.24) is 0 Å². The van der Waals surface area contributed by atoms with Gasteiger partial charge in [-0.05, 0) is 12.2 Å². The third-order valence-electron chi connectivity index (χ3n) is 1.02. The lowest BCUT2D eigenvalue weighted by Gasteiger charge is -1.98. The molecule has 0 N–H and O–H groups in total. The summed E-state index contributed by atoms with van der Waals surface area (Å²) in [5, 5.41) is 8.38. The second kappa shape index (κ2) is 2.56. The number of nitrogens with zero attached hydrogens (tertiary/aromatic N) is 1. The van der Waals surface area contributed by atoms with Crippen LogP contribution in [0, 0.1) is 17.4 Å². The third kappa shape index (κ3) is 1.48. The average molecular weight is 134 g/mol. The topological polar surface area (TPSA) is 23.8 Å². The molecule has 0 spiro atoms. The van der Waals surface area contributed by atoms with Crippen LogP contribution in [-0.2, 0) is 0 Å². The summed E-state index contributed by atoms with van der Waals surface area (Å²) in [6.45, 7) is 0. The summed E-state index contributed by atoms with van der Waals surface area (Å²) in [5.41, 5.74) is 0.721. The van der Waals surface area contributed by atoms with Crippen LogP contribution in [0.4, 0.5) is 0 Å². The maximum absolute atomic E-state index is 8.38. The normalized spacial score (nSPS) is 16.8. The maximum atomic E-state index is 8.38. The molecule has 2 heteroatoms. The molecule has 0 aromatic carbocycles. The van der Waals surface area contributed by atoms with E-state index in [1.54, 1.807) is 12.2 Å². The van der Waals surface area contributed by atoms with E-state index in [1.807, 2.05) is 6.07 Å². The molecule has 0 aliphatic heterocycles. The van der Waals surface area contributed by atoms with Crippen LogP contribution in [0.25, 0.3) is 0 Å². The van der Waals surface area contributed by atoms with Crippen molar-refractivity contribution in [3.8, 4) is 6.07 Å².